The molecule has 0 aliphatic heterocycles. The number of aliphatic hydroxyl groups is 1. The van der Waals surface area contributed by atoms with Crippen LogP contribution in [0.4, 0.5) is 0 Å². The molecule has 0 atom stereocenters. The van der Waals surface area contributed by atoms with Gasteiger partial charge < -0.3 is 19.7 Å². The lowest BCUT2D eigenvalue weighted by Crippen LogP contribution is -2.44. The minimum Gasteiger partial charge on any atom is -0.388 e. The van der Waals surface area contributed by atoms with Gasteiger partial charge in [0, 0.05) is 31.8 Å². The summed E-state index contributed by atoms with van der Waals surface area (Å²) in [5.41, 5.74) is 0.458. The van der Waals surface area contributed by atoms with Crippen LogP contribution >= 0.6 is 0 Å². The van der Waals surface area contributed by atoms with Crippen LogP contribution in [0.2, 0.25) is 0 Å². The number of aromatic nitrogens is 5. The van der Waals surface area contributed by atoms with Crippen molar-refractivity contribution in [3.8, 4) is 0 Å². The van der Waals surface area contributed by atoms with E-state index in [9.17, 15) is 9.90 Å². The van der Waals surface area contributed by atoms with Crippen LogP contribution in [0.15, 0.2) is 12.3 Å². The van der Waals surface area contributed by atoms with Crippen molar-refractivity contribution in [3.05, 3.63) is 29.6 Å². The maximum atomic E-state index is 11.9. The molecule has 1 aliphatic rings. The van der Waals surface area contributed by atoms with Crippen molar-refractivity contribution in [2.45, 2.75) is 38.0 Å². The molecule has 1 aliphatic carbocycles. The van der Waals surface area contributed by atoms with E-state index < -0.39 is 0 Å². The monoisotopic (exact) mass is 320 g/mol. The van der Waals surface area contributed by atoms with Crippen LogP contribution < -0.4 is 5.32 Å². The number of methoxy groups -OCH3 is 1. The maximum Gasteiger partial charge on any atom is 0.269 e. The molecule has 0 radical (unpaired) electrons. The van der Waals surface area contributed by atoms with Gasteiger partial charge in [0.25, 0.3) is 5.91 Å². The van der Waals surface area contributed by atoms with E-state index in [0.29, 0.717) is 24.7 Å². The highest BCUT2D eigenvalue weighted by Gasteiger charge is 2.35. The van der Waals surface area contributed by atoms with Crippen molar-refractivity contribution in [1.29, 1.82) is 0 Å². The van der Waals surface area contributed by atoms with Gasteiger partial charge in [-0.05, 0) is 18.9 Å². The molecule has 0 bridgehead atoms. The Kier molecular flexibility index (Phi) is 4.68. The number of amides is 1. The normalized spacial score (nSPS) is 20.3. The molecular formula is C14H20N6O3. The van der Waals surface area contributed by atoms with Gasteiger partial charge in [-0.1, -0.05) is 0 Å². The summed E-state index contributed by atoms with van der Waals surface area (Å²) in [5.74, 6) is 1.47. The first kappa shape index (κ1) is 15.6. The van der Waals surface area contributed by atoms with Crippen molar-refractivity contribution >= 4 is 5.91 Å². The summed E-state index contributed by atoms with van der Waals surface area (Å²) in [6, 6.07) is 1.75. The van der Waals surface area contributed by atoms with Crippen molar-refractivity contribution in [1.82, 2.24) is 30.3 Å². The molecule has 1 saturated carbocycles. The van der Waals surface area contributed by atoms with E-state index >= 15 is 0 Å². The molecule has 2 aromatic heterocycles. The van der Waals surface area contributed by atoms with Crippen molar-refractivity contribution < 1.29 is 14.6 Å². The third kappa shape index (κ3) is 3.25. The second kappa shape index (κ2) is 6.88. The fraction of sp³-hybridized carbons (Fsp3) is 0.571. The summed E-state index contributed by atoms with van der Waals surface area (Å²) < 4.78 is 7.00. The maximum absolute atomic E-state index is 11.9. The number of nitrogens with zero attached hydrogens (tertiary/aromatic N) is 4. The van der Waals surface area contributed by atoms with Crippen molar-refractivity contribution in [3.63, 3.8) is 0 Å². The SMILES string of the molecule is COCCn1c(CO)nnc1C1CC(NC(=O)c2ccn[nH]2)C1. The number of carbonyl (C=O) groups is 1. The number of carbonyl (C=O) groups excluding carboxylic acids is 1. The Labute approximate surface area is 133 Å². The first-order valence-corrected chi connectivity index (χ1v) is 7.55. The highest BCUT2D eigenvalue weighted by atomic mass is 16.5. The molecule has 3 rings (SSSR count). The lowest BCUT2D eigenvalue weighted by molar-refractivity contribution is 0.0901. The number of hydrogen-bond acceptors (Lipinski definition) is 6. The topological polar surface area (TPSA) is 118 Å². The Bertz CT molecular complexity index is 648. The number of hydrogen-bond donors (Lipinski definition) is 3. The molecule has 23 heavy (non-hydrogen) atoms. The largest absolute Gasteiger partial charge is 0.388 e. The standard InChI is InChI=1S/C14H20N6O3/c1-23-5-4-20-12(8-21)18-19-13(20)9-6-10(7-9)16-14(22)11-2-3-15-17-11/h2-3,9-10,21H,4-8H2,1H3,(H,15,17)(H,16,22). The Balaban J connectivity index is 1.58. The average molecular weight is 320 g/mol. The third-order valence-corrected chi connectivity index (χ3v) is 4.10. The van der Waals surface area contributed by atoms with Gasteiger partial charge >= 0.3 is 0 Å². The van der Waals surface area contributed by atoms with Crippen LogP contribution in [0.25, 0.3) is 0 Å². The third-order valence-electron chi connectivity index (χ3n) is 4.10. The van der Waals surface area contributed by atoms with Gasteiger partial charge in [0.2, 0.25) is 0 Å². The number of ether oxygens (including phenoxy) is 1. The molecular weight excluding hydrogens is 300 g/mol. The molecule has 3 N–H and O–H groups in total. The molecule has 1 amide bonds. The minimum atomic E-state index is -0.150. The number of rotatable bonds is 7. The van der Waals surface area contributed by atoms with Crippen LogP contribution in [0.3, 0.4) is 0 Å². The Hall–Kier alpha value is -2.26. The molecule has 0 unspecified atom stereocenters. The highest BCUT2D eigenvalue weighted by Crippen LogP contribution is 2.36. The number of H-pyrrole nitrogens is 1. The van der Waals surface area contributed by atoms with Gasteiger partial charge in [-0.2, -0.15) is 5.10 Å². The second-order valence-corrected chi connectivity index (χ2v) is 5.59. The van der Waals surface area contributed by atoms with Crippen LogP contribution in [0.5, 0.6) is 0 Å². The molecule has 9 heteroatoms. The first-order valence-electron chi connectivity index (χ1n) is 7.55. The minimum absolute atomic E-state index is 0.112. The zero-order valence-corrected chi connectivity index (χ0v) is 12.9. The zero-order chi connectivity index (χ0) is 16.2. The molecule has 124 valence electrons. The van der Waals surface area contributed by atoms with Gasteiger partial charge in [-0.15, -0.1) is 10.2 Å². The fourth-order valence-electron chi connectivity index (χ4n) is 2.79. The fourth-order valence-corrected chi connectivity index (χ4v) is 2.79. The van der Waals surface area contributed by atoms with Crippen LogP contribution in [-0.4, -0.2) is 55.7 Å². The smallest absolute Gasteiger partial charge is 0.269 e. The lowest BCUT2D eigenvalue weighted by Gasteiger charge is -2.35. The van der Waals surface area contributed by atoms with Gasteiger partial charge in [0.05, 0.1) is 6.61 Å². The molecule has 2 aromatic rings. The Morgan fingerprint density at radius 2 is 2.35 bits per heavy atom. The molecule has 0 aromatic carbocycles. The predicted molar refractivity (Wildman–Crippen MR) is 79.6 cm³/mol. The van der Waals surface area contributed by atoms with Crippen molar-refractivity contribution in [2.24, 2.45) is 0 Å². The van der Waals surface area contributed by atoms with Crippen LogP contribution in [-0.2, 0) is 17.9 Å². The van der Waals surface area contributed by atoms with E-state index in [1.165, 1.54) is 0 Å². The highest BCUT2D eigenvalue weighted by molar-refractivity contribution is 5.92. The van der Waals surface area contributed by atoms with E-state index in [0.717, 1.165) is 18.7 Å². The van der Waals surface area contributed by atoms with Gasteiger partial charge in [-0.3, -0.25) is 9.89 Å². The quantitative estimate of drug-likeness (QED) is 0.651. The summed E-state index contributed by atoms with van der Waals surface area (Å²) in [7, 11) is 1.63. The van der Waals surface area contributed by atoms with E-state index in [2.05, 4.69) is 25.7 Å². The van der Waals surface area contributed by atoms with Gasteiger partial charge in [0.15, 0.2) is 5.82 Å². The molecule has 2 heterocycles. The van der Waals surface area contributed by atoms with Gasteiger partial charge in [-0.25, -0.2) is 0 Å². The second-order valence-electron chi connectivity index (χ2n) is 5.59. The summed E-state index contributed by atoms with van der Waals surface area (Å²) in [4.78, 5) is 11.9. The Morgan fingerprint density at radius 3 is 3.00 bits per heavy atom. The summed E-state index contributed by atoms with van der Waals surface area (Å²) in [5, 5.41) is 26.9. The van der Waals surface area contributed by atoms with Crippen LogP contribution in [0.1, 0.15) is 40.9 Å². The van der Waals surface area contributed by atoms with E-state index in [4.69, 9.17) is 4.74 Å². The van der Waals surface area contributed by atoms with E-state index in [-0.39, 0.29) is 24.5 Å². The number of aliphatic hydroxyl groups excluding tert-OH is 1. The van der Waals surface area contributed by atoms with E-state index in [1.54, 1.807) is 19.4 Å². The van der Waals surface area contributed by atoms with E-state index in [1.807, 2.05) is 4.57 Å². The van der Waals surface area contributed by atoms with Crippen LogP contribution in [0, 0.1) is 0 Å². The summed E-state index contributed by atoms with van der Waals surface area (Å²) >= 11 is 0. The Morgan fingerprint density at radius 1 is 1.52 bits per heavy atom. The molecule has 0 saturated heterocycles. The summed E-state index contributed by atoms with van der Waals surface area (Å²) in [6.07, 6.45) is 3.15. The predicted octanol–water partition coefficient (Wildman–Crippen LogP) is -0.184. The zero-order valence-electron chi connectivity index (χ0n) is 12.9. The molecule has 0 spiro atoms. The lowest BCUT2D eigenvalue weighted by atomic mass is 9.79. The molecule has 1 fully saturated rings. The number of aromatic amines is 1. The first-order chi connectivity index (χ1) is 11.2. The average Bonchev–Trinajstić information content (AvgIpc) is 3.17. The van der Waals surface area contributed by atoms with Gasteiger partial charge in [0.1, 0.15) is 18.1 Å². The summed E-state index contributed by atoms with van der Waals surface area (Å²) in [6.45, 7) is 0.991. The molecule has 9 nitrogen and oxygen atoms in total. The number of nitrogens with one attached hydrogen (secondary N) is 2. The van der Waals surface area contributed by atoms with Crippen molar-refractivity contribution in [2.75, 3.05) is 13.7 Å².